The van der Waals surface area contributed by atoms with Gasteiger partial charge in [0.2, 0.25) is 5.91 Å². The maximum atomic E-state index is 12.0. The van der Waals surface area contributed by atoms with Gasteiger partial charge in [0.1, 0.15) is 6.54 Å². The summed E-state index contributed by atoms with van der Waals surface area (Å²) in [6.07, 6.45) is 3.50. The van der Waals surface area contributed by atoms with Crippen LogP contribution in [0.25, 0.3) is 0 Å². The van der Waals surface area contributed by atoms with E-state index in [0.29, 0.717) is 18.3 Å². The summed E-state index contributed by atoms with van der Waals surface area (Å²) in [4.78, 5) is 25.3. The minimum atomic E-state index is -0.342. The molecule has 0 unspecified atom stereocenters. The molecule has 1 amide bonds. The van der Waals surface area contributed by atoms with Crippen molar-refractivity contribution >= 4 is 11.6 Å². The minimum Gasteiger partial charge on any atom is -0.397 e. The fraction of sp³-hybridized carbons (Fsp3) is 0.545. The number of rotatable bonds is 4. The zero-order chi connectivity index (χ0) is 12.4. The first kappa shape index (κ1) is 11.6. The fourth-order valence-corrected chi connectivity index (χ4v) is 1.81. The van der Waals surface area contributed by atoms with Gasteiger partial charge in [0.25, 0.3) is 5.56 Å². The van der Waals surface area contributed by atoms with Gasteiger partial charge in [0.05, 0.1) is 11.9 Å². The molecule has 0 aromatic carbocycles. The summed E-state index contributed by atoms with van der Waals surface area (Å²) in [6.45, 7) is 2.60. The predicted molar refractivity (Wildman–Crippen MR) is 63.3 cm³/mol. The summed E-state index contributed by atoms with van der Waals surface area (Å²) in [5, 5.41) is 3.85. The first-order valence-electron chi connectivity index (χ1n) is 5.74. The van der Waals surface area contributed by atoms with Crippen LogP contribution in [0, 0.1) is 0 Å². The van der Waals surface area contributed by atoms with Crippen molar-refractivity contribution in [1.82, 2.24) is 14.7 Å². The molecule has 0 aliphatic heterocycles. The summed E-state index contributed by atoms with van der Waals surface area (Å²) in [7, 11) is 0. The molecule has 0 saturated heterocycles. The van der Waals surface area contributed by atoms with E-state index in [1.165, 1.54) is 12.3 Å². The molecule has 6 heteroatoms. The quantitative estimate of drug-likeness (QED) is 0.787. The molecule has 1 aliphatic carbocycles. The van der Waals surface area contributed by atoms with Crippen molar-refractivity contribution in [2.45, 2.75) is 32.4 Å². The number of nitrogens with zero attached hydrogens (tertiary/aromatic N) is 3. The largest absolute Gasteiger partial charge is 0.397 e. The Bertz CT molecular complexity index is 479. The maximum absolute atomic E-state index is 12.0. The lowest BCUT2D eigenvalue weighted by Crippen LogP contribution is -2.38. The summed E-state index contributed by atoms with van der Waals surface area (Å²) in [6, 6.07) is 1.63. The fourth-order valence-electron chi connectivity index (χ4n) is 1.81. The molecular formula is C11H16N4O2. The zero-order valence-electron chi connectivity index (χ0n) is 9.80. The van der Waals surface area contributed by atoms with E-state index in [1.54, 1.807) is 4.90 Å². The van der Waals surface area contributed by atoms with Crippen LogP contribution < -0.4 is 11.3 Å². The van der Waals surface area contributed by atoms with Crippen LogP contribution >= 0.6 is 0 Å². The SMILES string of the molecule is CCN(C(=O)Cn1ncc(N)cc1=O)C1CC1. The number of nitrogen functional groups attached to an aromatic ring is 1. The number of nitrogens with two attached hydrogens (primary N) is 1. The van der Waals surface area contributed by atoms with Crippen molar-refractivity contribution in [3.8, 4) is 0 Å². The highest BCUT2D eigenvalue weighted by Crippen LogP contribution is 2.26. The van der Waals surface area contributed by atoms with Gasteiger partial charge in [0, 0.05) is 18.7 Å². The molecule has 1 saturated carbocycles. The Morgan fingerprint density at radius 1 is 1.65 bits per heavy atom. The lowest BCUT2D eigenvalue weighted by Gasteiger charge is -2.20. The number of anilines is 1. The van der Waals surface area contributed by atoms with Gasteiger partial charge in [0.15, 0.2) is 0 Å². The third-order valence-electron chi connectivity index (χ3n) is 2.82. The van der Waals surface area contributed by atoms with Crippen molar-refractivity contribution in [2.75, 3.05) is 12.3 Å². The average molecular weight is 236 g/mol. The van der Waals surface area contributed by atoms with Crippen LogP contribution in [0.5, 0.6) is 0 Å². The molecule has 2 N–H and O–H groups in total. The monoisotopic (exact) mass is 236 g/mol. The normalized spacial score (nSPS) is 14.6. The molecule has 1 fully saturated rings. The second-order valence-corrected chi connectivity index (χ2v) is 4.20. The van der Waals surface area contributed by atoms with E-state index < -0.39 is 0 Å². The third-order valence-corrected chi connectivity index (χ3v) is 2.82. The van der Waals surface area contributed by atoms with Crippen LogP contribution in [0.1, 0.15) is 19.8 Å². The van der Waals surface area contributed by atoms with Gasteiger partial charge < -0.3 is 10.6 Å². The number of aromatic nitrogens is 2. The maximum Gasteiger partial charge on any atom is 0.269 e. The van der Waals surface area contributed by atoms with Gasteiger partial charge in [-0.05, 0) is 19.8 Å². The Balaban J connectivity index is 2.09. The highest BCUT2D eigenvalue weighted by Gasteiger charge is 2.31. The molecule has 1 aromatic heterocycles. The molecule has 0 atom stereocenters. The second-order valence-electron chi connectivity index (χ2n) is 4.20. The lowest BCUT2D eigenvalue weighted by atomic mass is 10.4. The smallest absolute Gasteiger partial charge is 0.269 e. The first-order chi connectivity index (χ1) is 8.11. The van der Waals surface area contributed by atoms with E-state index in [4.69, 9.17) is 5.73 Å². The van der Waals surface area contributed by atoms with Gasteiger partial charge in [-0.3, -0.25) is 9.59 Å². The van der Waals surface area contributed by atoms with Crippen molar-refractivity contribution in [2.24, 2.45) is 0 Å². The second kappa shape index (κ2) is 4.57. The first-order valence-corrected chi connectivity index (χ1v) is 5.74. The Labute approximate surface area is 99.0 Å². The molecule has 0 spiro atoms. The third kappa shape index (κ3) is 2.64. The standard InChI is InChI=1S/C11H16N4O2/c1-2-14(9-3-4-9)11(17)7-15-10(16)5-8(12)6-13-15/h5-6,9H,2-4,7,12H2,1H3. The van der Waals surface area contributed by atoms with Gasteiger partial charge in [-0.2, -0.15) is 5.10 Å². The van der Waals surface area contributed by atoms with E-state index in [-0.39, 0.29) is 18.0 Å². The van der Waals surface area contributed by atoms with Crippen molar-refractivity contribution in [3.05, 3.63) is 22.6 Å². The zero-order valence-corrected chi connectivity index (χ0v) is 9.80. The Morgan fingerprint density at radius 3 is 2.88 bits per heavy atom. The van der Waals surface area contributed by atoms with Crippen LogP contribution in [0.3, 0.4) is 0 Å². The number of hydrogen-bond acceptors (Lipinski definition) is 4. The molecular weight excluding hydrogens is 220 g/mol. The number of amides is 1. The van der Waals surface area contributed by atoms with Crippen LogP contribution in [-0.2, 0) is 11.3 Å². The molecule has 92 valence electrons. The van der Waals surface area contributed by atoms with Gasteiger partial charge in [-0.1, -0.05) is 0 Å². The summed E-state index contributed by atoms with van der Waals surface area (Å²) in [5.41, 5.74) is 5.40. The van der Waals surface area contributed by atoms with Crippen LogP contribution in [-0.4, -0.2) is 33.2 Å². The molecule has 1 aromatic rings. The van der Waals surface area contributed by atoms with E-state index >= 15 is 0 Å². The van der Waals surface area contributed by atoms with E-state index in [9.17, 15) is 9.59 Å². The van der Waals surface area contributed by atoms with Crippen LogP contribution in [0.2, 0.25) is 0 Å². The van der Waals surface area contributed by atoms with Crippen molar-refractivity contribution in [3.63, 3.8) is 0 Å². The predicted octanol–water partition coefficient (Wildman–Crippen LogP) is -0.164. The number of carbonyl (C=O) groups is 1. The van der Waals surface area contributed by atoms with Gasteiger partial charge in [-0.15, -0.1) is 0 Å². The molecule has 6 nitrogen and oxygen atoms in total. The van der Waals surface area contributed by atoms with Crippen LogP contribution in [0.15, 0.2) is 17.1 Å². The Morgan fingerprint density at radius 2 is 2.35 bits per heavy atom. The number of carbonyl (C=O) groups excluding carboxylic acids is 1. The number of likely N-dealkylation sites (N-methyl/N-ethyl adjacent to an activating group) is 1. The highest BCUT2D eigenvalue weighted by molar-refractivity contribution is 5.76. The molecule has 0 radical (unpaired) electrons. The van der Waals surface area contributed by atoms with E-state index in [1.807, 2.05) is 6.92 Å². The molecule has 0 bridgehead atoms. The summed E-state index contributed by atoms with van der Waals surface area (Å²) < 4.78 is 1.14. The van der Waals surface area contributed by atoms with E-state index in [2.05, 4.69) is 5.10 Å². The van der Waals surface area contributed by atoms with Crippen molar-refractivity contribution < 1.29 is 4.79 Å². The topological polar surface area (TPSA) is 81.2 Å². The average Bonchev–Trinajstić information content (AvgIpc) is 3.08. The van der Waals surface area contributed by atoms with Gasteiger partial charge >= 0.3 is 0 Å². The minimum absolute atomic E-state index is 0.0105. The highest BCUT2D eigenvalue weighted by atomic mass is 16.2. The van der Waals surface area contributed by atoms with Gasteiger partial charge in [-0.25, -0.2) is 4.68 Å². The molecule has 17 heavy (non-hydrogen) atoms. The number of hydrogen-bond donors (Lipinski definition) is 1. The Kier molecular flexibility index (Phi) is 3.12. The van der Waals surface area contributed by atoms with Crippen molar-refractivity contribution in [1.29, 1.82) is 0 Å². The van der Waals surface area contributed by atoms with E-state index in [0.717, 1.165) is 17.5 Å². The molecule has 1 aliphatic rings. The molecule has 1 heterocycles. The lowest BCUT2D eigenvalue weighted by molar-refractivity contribution is -0.132. The summed E-state index contributed by atoms with van der Waals surface area (Å²) in [5.74, 6) is -0.0608. The summed E-state index contributed by atoms with van der Waals surface area (Å²) >= 11 is 0. The van der Waals surface area contributed by atoms with Crippen LogP contribution in [0.4, 0.5) is 5.69 Å². The Hall–Kier alpha value is -1.85. The molecule has 2 rings (SSSR count).